The number of nitrogens with zero attached hydrogens (tertiary/aromatic N) is 1. The van der Waals surface area contributed by atoms with Crippen molar-refractivity contribution in [1.29, 1.82) is 0 Å². The van der Waals surface area contributed by atoms with Gasteiger partial charge in [0.25, 0.3) is 0 Å². The van der Waals surface area contributed by atoms with Crippen LogP contribution in [0.3, 0.4) is 0 Å². The number of rotatable bonds is 2. The van der Waals surface area contributed by atoms with Crippen LogP contribution in [-0.4, -0.2) is 48.2 Å². The third-order valence-corrected chi connectivity index (χ3v) is 2.75. The van der Waals surface area contributed by atoms with E-state index in [-0.39, 0.29) is 12.0 Å². The molecule has 1 fully saturated rings. The lowest BCUT2D eigenvalue weighted by Crippen LogP contribution is -2.45. The van der Waals surface area contributed by atoms with Crippen LogP contribution in [-0.2, 0) is 9.47 Å². The first kappa shape index (κ1) is 14.3. The molecule has 1 unspecified atom stereocenters. The average Bonchev–Trinajstić information content (AvgIpc) is 2.26. The summed E-state index contributed by atoms with van der Waals surface area (Å²) in [6.45, 7) is 6.70. The molecule has 1 rings (SSSR count). The highest BCUT2D eigenvalue weighted by molar-refractivity contribution is 5.68. The van der Waals surface area contributed by atoms with E-state index in [1.165, 1.54) is 7.11 Å². The van der Waals surface area contributed by atoms with E-state index >= 15 is 0 Å². The summed E-state index contributed by atoms with van der Waals surface area (Å²) in [5.41, 5.74) is -0.482. The number of aliphatic hydroxyl groups is 1. The van der Waals surface area contributed by atoms with E-state index in [1.54, 1.807) is 4.90 Å². The molecular formula is C12H23NO4. The zero-order valence-corrected chi connectivity index (χ0v) is 11.1. The molecule has 1 aliphatic rings. The number of piperidine rings is 1. The Kier molecular flexibility index (Phi) is 4.77. The minimum atomic E-state index is -0.805. The van der Waals surface area contributed by atoms with Gasteiger partial charge in [0.15, 0.2) is 6.29 Å². The first-order valence-electron chi connectivity index (χ1n) is 6.02. The van der Waals surface area contributed by atoms with Crippen LogP contribution >= 0.6 is 0 Å². The summed E-state index contributed by atoms with van der Waals surface area (Å²) in [5, 5.41) is 9.61. The van der Waals surface area contributed by atoms with Crippen LogP contribution < -0.4 is 0 Å². The highest BCUT2D eigenvalue weighted by Gasteiger charge is 2.30. The molecule has 100 valence electrons. The third-order valence-electron chi connectivity index (χ3n) is 2.75. The Hall–Kier alpha value is -0.810. The van der Waals surface area contributed by atoms with Crippen LogP contribution in [0.4, 0.5) is 4.79 Å². The lowest BCUT2D eigenvalue weighted by Gasteiger charge is -2.35. The number of methoxy groups -OCH3 is 1. The monoisotopic (exact) mass is 245 g/mol. The molecule has 0 aromatic carbocycles. The summed E-state index contributed by atoms with van der Waals surface area (Å²) in [7, 11) is 1.47. The molecule has 1 saturated heterocycles. The number of amides is 1. The molecule has 0 spiro atoms. The summed E-state index contributed by atoms with van der Waals surface area (Å²) in [6, 6.07) is 0. The molecule has 2 atom stereocenters. The van der Waals surface area contributed by atoms with Crippen molar-refractivity contribution in [2.75, 3.05) is 20.2 Å². The molecule has 0 aliphatic carbocycles. The Bertz CT molecular complexity index is 262. The number of carbonyl (C=O) groups is 1. The minimum absolute atomic E-state index is 0.0266. The van der Waals surface area contributed by atoms with Crippen molar-refractivity contribution in [3.8, 4) is 0 Å². The van der Waals surface area contributed by atoms with Gasteiger partial charge in [-0.25, -0.2) is 4.79 Å². The maximum atomic E-state index is 11.9. The molecule has 1 amide bonds. The van der Waals surface area contributed by atoms with Gasteiger partial charge in [-0.05, 0) is 33.6 Å². The van der Waals surface area contributed by atoms with E-state index in [9.17, 15) is 9.90 Å². The van der Waals surface area contributed by atoms with E-state index in [2.05, 4.69) is 0 Å². The molecular weight excluding hydrogens is 222 g/mol. The van der Waals surface area contributed by atoms with E-state index in [4.69, 9.17) is 9.47 Å². The fourth-order valence-corrected chi connectivity index (χ4v) is 1.93. The Morgan fingerprint density at radius 1 is 1.47 bits per heavy atom. The van der Waals surface area contributed by atoms with Crippen molar-refractivity contribution >= 4 is 6.09 Å². The number of likely N-dealkylation sites (tertiary alicyclic amines) is 1. The smallest absolute Gasteiger partial charge is 0.410 e. The van der Waals surface area contributed by atoms with Gasteiger partial charge in [-0.1, -0.05) is 0 Å². The first-order chi connectivity index (χ1) is 7.83. The predicted molar refractivity (Wildman–Crippen MR) is 63.5 cm³/mol. The van der Waals surface area contributed by atoms with Crippen molar-refractivity contribution in [3.63, 3.8) is 0 Å². The fourth-order valence-electron chi connectivity index (χ4n) is 1.93. The van der Waals surface area contributed by atoms with Crippen LogP contribution in [0.15, 0.2) is 0 Å². The van der Waals surface area contributed by atoms with Crippen LogP contribution in [0.5, 0.6) is 0 Å². The molecule has 5 nitrogen and oxygen atoms in total. The number of hydrogen-bond acceptors (Lipinski definition) is 4. The first-order valence-corrected chi connectivity index (χ1v) is 6.02. The van der Waals surface area contributed by atoms with Crippen molar-refractivity contribution in [2.24, 2.45) is 5.92 Å². The summed E-state index contributed by atoms with van der Waals surface area (Å²) in [5.74, 6) is -0.0266. The Morgan fingerprint density at radius 2 is 2.12 bits per heavy atom. The SMILES string of the molecule is COC(O)[C@H]1CCCN(C(=O)OC(C)(C)C)C1. The Labute approximate surface area is 103 Å². The third kappa shape index (κ3) is 4.52. The minimum Gasteiger partial charge on any atom is -0.444 e. The van der Waals surface area contributed by atoms with Crippen molar-refractivity contribution in [1.82, 2.24) is 4.90 Å². The molecule has 0 aromatic heterocycles. The highest BCUT2D eigenvalue weighted by Crippen LogP contribution is 2.22. The van der Waals surface area contributed by atoms with E-state index in [0.717, 1.165) is 12.8 Å². The number of hydrogen-bond donors (Lipinski definition) is 1. The summed E-state index contributed by atoms with van der Waals surface area (Å²) >= 11 is 0. The Morgan fingerprint density at radius 3 is 2.65 bits per heavy atom. The van der Waals surface area contributed by atoms with Crippen LogP contribution in [0.25, 0.3) is 0 Å². The van der Waals surface area contributed by atoms with Gasteiger partial charge in [0, 0.05) is 26.1 Å². The van der Waals surface area contributed by atoms with Gasteiger partial charge in [0.1, 0.15) is 5.60 Å². The number of ether oxygens (including phenoxy) is 2. The predicted octanol–water partition coefficient (Wildman–Crippen LogP) is 1.60. The molecule has 1 heterocycles. The van der Waals surface area contributed by atoms with Crippen molar-refractivity contribution in [3.05, 3.63) is 0 Å². The van der Waals surface area contributed by atoms with Crippen LogP contribution in [0, 0.1) is 5.92 Å². The second-order valence-electron chi connectivity index (χ2n) is 5.45. The second kappa shape index (κ2) is 5.69. The molecule has 1 N–H and O–H groups in total. The van der Waals surface area contributed by atoms with E-state index in [0.29, 0.717) is 13.1 Å². The number of aliphatic hydroxyl groups excluding tert-OH is 1. The molecule has 0 aromatic rings. The zero-order chi connectivity index (χ0) is 13.1. The molecule has 1 aliphatic heterocycles. The molecule has 17 heavy (non-hydrogen) atoms. The lowest BCUT2D eigenvalue weighted by molar-refractivity contribution is -0.125. The van der Waals surface area contributed by atoms with Crippen molar-refractivity contribution < 1.29 is 19.4 Å². The summed E-state index contributed by atoms with van der Waals surface area (Å²) in [6.07, 6.45) is 0.615. The maximum absolute atomic E-state index is 11.9. The topological polar surface area (TPSA) is 59.0 Å². The quantitative estimate of drug-likeness (QED) is 0.751. The van der Waals surface area contributed by atoms with Gasteiger partial charge in [-0.2, -0.15) is 0 Å². The molecule has 0 radical (unpaired) electrons. The van der Waals surface area contributed by atoms with Gasteiger partial charge in [0.05, 0.1) is 0 Å². The van der Waals surface area contributed by atoms with Gasteiger partial charge in [-0.3, -0.25) is 0 Å². The van der Waals surface area contributed by atoms with Gasteiger partial charge in [0.2, 0.25) is 0 Å². The molecule has 0 bridgehead atoms. The van der Waals surface area contributed by atoms with E-state index in [1.807, 2.05) is 20.8 Å². The molecule has 0 saturated carbocycles. The van der Waals surface area contributed by atoms with Gasteiger partial charge in [-0.15, -0.1) is 0 Å². The molecule has 5 heteroatoms. The Balaban J connectivity index is 2.52. The maximum Gasteiger partial charge on any atom is 0.410 e. The summed E-state index contributed by atoms with van der Waals surface area (Å²) < 4.78 is 10.2. The van der Waals surface area contributed by atoms with Gasteiger partial charge >= 0.3 is 6.09 Å². The highest BCUT2D eigenvalue weighted by atomic mass is 16.6. The zero-order valence-electron chi connectivity index (χ0n) is 11.1. The van der Waals surface area contributed by atoms with Crippen LogP contribution in [0.1, 0.15) is 33.6 Å². The fraction of sp³-hybridized carbons (Fsp3) is 0.917. The van der Waals surface area contributed by atoms with Crippen molar-refractivity contribution in [2.45, 2.75) is 45.5 Å². The van der Waals surface area contributed by atoms with Crippen LogP contribution in [0.2, 0.25) is 0 Å². The lowest BCUT2D eigenvalue weighted by atomic mass is 9.98. The number of carbonyl (C=O) groups excluding carboxylic acids is 1. The standard InChI is InChI=1S/C12H23NO4/c1-12(2,3)17-11(15)13-7-5-6-9(8-13)10(14)16-4/h9-10,14H,5-8H2,1-4H3/t9-,10?/m0/s1. The normalized spacial score (nSPS) is 23.4. The largest absolute Gasteiger partial charge is 0.444 e. The van der Waals surface area contributed by atoms with Gasteiger partial charge < -0.3 is 19.5 Å². The second-order valence-corrected chi connectivity index (χ2v) is 5.45. The average molecular weight is 245 g/mol. The van der Waals surface area contributed by atoms with E-state index < -0.39 is 11.9 Å². The summed E-state index contributed by atoms with van der Waals surface area (Å²) in [4.78, 5) is 13.5.